The van der Waals surface area contributed by atoms with E-state index in [2.05, 4.69) is 35.8 Å². The minimum Gasteiger partial charge on any atom is -0.377 e. The molecule has 1 N–H and O–H groups in total. The molecule has 0 bridgehead atoms. The van der Waals surface area contributed by atoms with E-state index in [0.29, 0.717) is 13.1 Å². The number of carbonyl (C=O) groups excluding carboxylic acids is 1. The van der Waals surface area contributed by atoms with E-state index >= 15 is 0 Å². The Kier molecular flexibility index (Phi) is 4.73. The lowest BCUT2D eigenvalue weighted by molar-refractivity contribution is -0.131. The summed E-state index contributed by atoms with van der Waals surface area (Å²) in [5.41, 5.74) is 0.764. The molecule has 0 saturated carbocycles. The molecule has 110 valence electrons. The fourth-order valence-corrected chi connectivity index (χ4v) is 2.69. The van der Waals surface area contributed by atoms with Crippen molar-refractivity contribution in [3.05, 3.63) is 29.8 Å². The summed E-state index contributed by atoms with van der Waals surface area (Å²) in [7, 11) is 1.68. The smallest absolute Gasteiger partial charge is 0.238 e. The number of methoxy groups -OCH3 is 1. The zero-order valence-electron chi connectivity index (χ0n) is 12.5. The second-order valence-electron chi connectivity index (χ2n) is 5.54. The molecule has 1 saturated heterocycles. The van der Waals surface area contributed by atoms with E-state index in [9.17, 15) is 4.79 Å². The highest BCUT2D eigenvalue weighted by Gasteiger charge is 2.35. The molecule has 0 radical (unpaired) electrons. The van der Waals surface area contributed by atoms with Gasteiger partial charge in [-0.05, 0) is 37.8 Å². The van der Waals surface area contributed by atoms with E-state index in [1.165, 1.54) is 4.90 Å². The highest BCUT2D eigenvalue weighted by Crippen LogP contribution is 2.26. The number of nitrogens with zero attached hydrogens (tertiary/aromatic N) is 1. The molecule has 1 heterocycles. The lowest BCUT2D eigenvalue weighted by atomic mass is 10.1. The van der Waals surface area contributed by atoms with Crippen LogP contribution in [0, 0.1) is 0 Å². The van der Waals surface area contributed by atoms with Gasteiger partial charge in [-0.25, -0.2) is 0 Å². The molecular weight excluding hydrogens is 272 g/mol. The molecule has 4 nitrogen and oxygen atoms in total. The van der Waals surface area contributed by atoms with Crippen molar-refractivity contribution in [3.63, 3.8) is 0 Å². The second kappa shape index (κ2) is 6.16. The predicted octanol–water partition coefficient (Wildman–Crippen LogP) is 2.26. The van der Waals surface area contributed by atoms with Crippen molar-refractivity contribution in [3.8, 4) is 0 Å². The Bertz CT molecular complexity index is 473. The van der Waals surface area contributed by atoms with Crippen molar-refractivity contribution in [2.24, 2.45) is 0 Å². The maximum Gasteiger partial charge on any atom is 0.238 e. The summed E-state index contributed by atoms with van der Waals surface area (Å²) in [5, 5.41) is 3.27. The Morgan fingerprint density at radius 3 is 2.60 bits per heavy atom. The van der Waals surface area contributed by atoms with E-state index in [1.807, 2.05) is 18.7 Å². The third-order valence-electron chi connectivity index (χ3n) is 3.61. The molecule has 1 aliphatic rings. The molecule has 5 heteroatoms. The minimum atomic E-state index is -0.348. The molecular formula is C15H22N2O2S. The summed E-state index contributed by atoms with van der Waals surface area (Å²) in [4.78, 5) is 15.2. The molecule has 1 unspecified atom stereocenters. The topological polar surface area (TPSA) is 41.6 Å². The summed E-state index contributed by atoms with van der Waals surface area (Å²) in [6, 6.07) is 8.33. The van der Waals surface area contributed by atoms with Crippen LogP contribution in [-0.4, -0.2) is 42.9 Å². The van der Waals surface area contributed by atoms with Crippen LogP contribution in [-0.2, 0) is 9.53 Å². The van der Waals surface area contributed by atoms with Gasteiger partial charge in [-0.3, -0.25) is 10.1 Å². The molecule has 1 fully saturated rings. The van der Waals surface area contributed by atoms with Crippen LogP contribution in [0.4, 0.5) is 0 Å². The van der Waals surface area contributed by atoms with Crippen LogP contribution in [0.25, 0.3) is 0 Å². The number of thioether (sulfide) groups is 1. The van der Waals surface area contributed by atoms with Crippen molar-refractivity contribution in [2.45, 2.75) is 30.5 Å². The average Bonchev–Trinajstić information content (AvgIpc) is 2.80. The normalized spacial score (nSPS) is 19.7. The summed E-state index contributed by atoms with van der Waals surface area (Å²) >= 11 is 1.71. The average molecular weight is 294 g/mol. The molecule has 1 amide bonds. The van der Waals surface area contributed by atoms with Crippen molar-refractivity contribution in [1.29, 1.82) is 0 Å². The van der Waals surface area contributed by atoms with Gasteiger partial charge < -0.3 is 9.64 Å². The van der Waals surface area contributed by atoms with Gasteiger partial charge >= 0.3 is 0 Å². The van der Waals surface area contributed by atoms with Gasteiger partial charge in [0.1, 0.15) is 6.17 Å². The van der Waals surface area contributed by atoms with Gasteiger partial charge in [-0.2, -0.15) is 0 Å². The van der Waals surface area contributed by atoms with E-state index in [1.54, 1.807) is 18.9 Å². The van der Waals surface area contributed by atoms with Crippen LogP contribution in [0.15, 0.2) is 29.2 Å². The molecule has 0 spiro atoms. The van der Waals surface area contributed by atoms with E-state index in [-0.39, 0.29) is 17.7 Å². The first-order valence-electron chi connectivity index (χ1n) is 6.69. The van der Waals surface area contributed by atoms with Crippen LogP contribution >= 0.6 is 11.8 Å². The number of rotatable bonds is 5. The number of nitrogens with one attached hydrogen (secondary N) is 1. The van der Waals surface area contributed by atoms with Crippen molar-refractivity contribution in [1.82, 2.24) is 10.2 Å². The first kappa shape index (κ1) is 15.4. The third-order valence-corrected chi connectivity index (χ3v) is 4.36. The largest absolute Gasteiger partial charge is 0.377 e. The molecule has 0 aliphatic carbocycles. The Morgan fingerprint density at radius 1 is 1.40 bits per heavy atom. The predicted molar refractivity (Wildman–Crippen MR) is 81.8 cm³/mol. The van der Waals surface area contributed by atoms with Crippen molar-refractivity contribution >= 4 is 17.7 Å². The SMILES string of the molecule is COC(C)(C)CN1C(=O)CNC1c1ccc(SC)cc1. The highest BCUT2D eigenvalue weighted by molar-refractivity contribution is 7.98. The fourth-order valence-electron chi connectivity index (χ4n) is 2.28. The lowest BCUT2D eigenvalue weighted by Crippen LogP contribution is -2.42. The third kappa shape index (κ3) is 3.34. The Labute approximate surface area is 124 Å². The van der Waals surface area contributed by atoms with Gasteiger partial charge in [-0.15, -0.1) is 11.8 Å². The number of carbonyl (C=O) groups is 1. The summed E-state index contributed by atoms with van der Waals surface area (Å²) in [6.07, 6.45) is 1.99. The zero-order chi connectivity index (χ0) is 14.8. The molecule has 1 aromatic rings. The second-order valence-corrected chi connectivity index (χ2v) is 6.42. The summed E-state index contributed by atoms with van der Waals surface area (Å²) < 4.78 is 5.44. The Balaban J connectivity index is 2.18. The Morgan fingerprint density at radius 2 is 2.05 bits per heavy atom. The van der Waals surface area contributed by atoms with Gasteiger partial charge in [0.25, 0.3) is 0 Å². The first-order chi connectivity index (χ1) is 9.46. The van der Waals surface area contributed by atoms with E-state index in [0.717, 1.165) is 5.56 Å². The van der Waals surface area contributed by atoms with Gasteiger partial charge in [0.15, 0.2) is 0 Å². The van der Waals surface area contributed by atoms with Crippen LogP contribution in [0.1, 0.15) is 25.6 Å². The monoisotopic (exact) mass is 294 g/mol. The fraction of sp³-hybridized carbons (Fsp3) is 0.533. The van der Waals surface area contributed by atoms with Crippen molar-refractivity contribution in [2.75, 3.05) is 26.5 Å². The van der Waals surface area contributed by atoms with Gasteiger partial charge in [-0.1, -0.05) is 12.1 Å². The van der Waals surface area contributed by atoms with Gasteiger partial charge in [0, 0.05) is 12.0 Å². The molecule has 20 heavy (non-hydrogen) atoms. The van der Waals surface area contributed by atoms with Crippen LogP contribution in [0.2, 0.25) is 0 Å². The van der Waals surface area contributed by atoms with Crippen LogP contribution < -0.4 is 5.32 Å². The standard InChI is InChI=1S/C15H22N2O2S/c1-15(2,19-3)10-17-13(18)9-16-14(17)11-5-7-12(20-4)8-6-11/h5-8,14,16H,9-10H2,1-4H3. The molecule has 1 aliphatic heterocycles. The number of hydrogen-bond acceptors (Lipinski definition) is 4. The molecule has 1 atom stereocenters. The number of amides is 1. The van der Waals surface area contributed by atoms with Crippen LogP contribution in [0.5, 0.6) is 0 Å². The highest BCUT2D eigenvalue weighted by atomic mass is 32.2. The van der Waals surface area contributed by atoms with E-state index in [4.69, 9.17) is 4.74 Å². The number of hydrogen-bond donors (Lipinski definition) is 1. The zero-order valence-corrected chi connectivity index (χ0v) is 13.3. The number of ether oxygens (including phenoxy) is 1. The molecule has 2 rings (SSSR count). The maximum atomic E-state index is 12.1. The summed E-state index contributed by atoms with van der Waals surface area (Å²) in [6.45, 7) is 4.94. The van der Waals surface area contributed by atoms with Gasteiger partial charge in [0.2, 0.25) is 5.91 Å². The van der Waals surface area contributed by atoms with Crippen molar-refractivity contribution < 1.29 is 9.53 Å². The van der Waals surface area contributed by atoms with Crippen LogP contribution in [0.3, 0.4) is 0 Å². The first-order valence-corrected chi connectivity index (χ1v) is 7.91. The molecule has 1 aromatic carbocycles. The minimum absolute atomic E-state index is 0.0622. The summed E-state index contributed by atoms with van der Waals surface area (Å²) in [5.74, 6) is 0.120. The number of benzene rings is 1. The maximum absolute atomic E-state index is 12.1. The Hall–Kier alpha value is -1.04. The van der Waals surface area contributed by atoms with Gasteiger partial charge in [0.05, 0.1) is 18.7 Å². The quantitative estimate of drug-likeness (QED) is 0.846. The lowest BCUT2D eigenvalue weighted by Gasteiger charge is -2.32. The molecule has 0 aromatic heterocycles. The van der Waals surface area contributed by atoms with E-state index < -0.39 is 0 Å².